The van der Waals surface area contributed by atoms with Gasteiger partial charge in [0.1, 0.15) is 5.75 Å². The third-order valence-corrected chi connectivity index (χ3v) is 6.33. The molecule has 0 aliphatic heterocycles. The van der Waals surface area contributed by atoms with Crippen molar-refractivity contribution in [3.8, 4) is 29.2 Å². The molecule has 0 aliphatic carbocycles. The summed E-state index contributed by atoms with van der Waals surface area (Å²) in [5.74, 6) is 2.75. The van der Waals surface area contributed by atoms with E-state index < -0.39 is 0 Å². The summed E-state index contributed by atoms with van der Waals surface area (Å²) in [7, 11) is 0. The summed E-state index contributed by atoms with van der Waals surface area (Å²) in [6, 6.07) is 15.6. The monoisotopic (exact) mass is 520 g/mol. The van der Waals surface area contributed by atoms with Gasteiger partial charge in [0, 0.05) is 6.42 Å². The molecule has 0 heterocycles. The Balaban J connectivity index is 1.60. The first-order valence-corrected chi connectivity index (χ1v) is 14.2. The lowest BCUT2D eigenvalue weighted by atomic mass is 10.0. The number of carbonyl (C=O) groups is 2. The van der Waals surface area contributed by atoms with Crippen LogP contribution in [0, 0.1) is 12.3 Å². The van der Waals surface area contributed by atoms with Gasteiger partial charge in [0.05, 0.1) is 31.8 Å². The van der Waals surface area contributed by atoms with Crippen LogP contribution >= 0.6 is 0 Å². The molecule has 0 aliphatic rings. The van der Waals surface area contributed by atoms with Crippen LogP contribution < -0.4 is 4.74 Å². The molecule has 2 aromatic carbocycles. The van der Waals surface area contributed by atoms with Gasteiger partial charge in [-0.25, -0.2) is 4.79 Å². The van der Waals surface area contributed by atoms with Gasteiger partial charge in [0.15, 0.2) is 0 Å². The van der Waals surface area contributed by atoms with Crippen LogP contribution in [0.3, 0.4) is 0 Å². The second-order valence-electron chi connectivity index (χ2n) is 9.55. The maximum atomic E-state index is 12.3. The molecule has 5 heteroatoms. The molecule has 0 aromatic heterocycles. The standard InChI is InChI=1S/C33H44O5/c1-3-5-7-8-9-10-13-25-36-31-23-21-29(22-24-31)28-17-19-30(20-18-28)33(35)38-27-15-12-11-14-26-37-32(34)16-6-4-2/h2,17-24H,3,5-16,25-27H2,1H3. The van der Waals surface area contributed by atoms with Crippen molar-refractivity contribution in [3.05, 3.63) is 54.1 Å². The number of carbonyl (C=O) groups excluding carboxylic acids is 2. The van der Waals surface area contributed by atoms with Crippen LogP contribution in [0.15, 0.2) is 48.5 Å². The van der Waals surface area contributed by atoms with Crippen molar-refractivity contribution in [2.45, 2.75) is 90.4 Å². The first-order chi connectivity index (χ1) is 18.6. The molecule has 0 saturated heterocycles. The van der Waals surface area contributed by atoms with E-state index in [0.29, 0.717) is 25.2 Å². The van der Waals surface area contributed by atoms with E-state index in [-0.39, 0.29) is 18.4 Å². The highest BCUT2D eigenvalue weighted by atomic mass is 16.5. The Kier molecular flexibility index (Phi) is 16.1. The third kappa shape index (κ3) is 13.3. The summed E-state index contributed by atoms with van der Waals surface area (Å²) in [6.45, 7) is 3.79. The van der Waals surface area contributed by atoms with E-state index >= 15 is 0 Å². The van der Waals surface area contributed by atoms with Gasteiger partial charge in [0.25, 0.3) is 0 Å². The second kappa shape index (κ2) is 19.8. The molecule has 0 atom stereocenters. The van der Waals surface area contributed by atoms with E-state index in [1.165, 1.54) is 38.5 Å². The van der Waals surface area contributed by atoms with Gasteiger partial charge in [-0.2, -0.15) is 0 Å². The molecule has 2 rings (SSSR count). The van der Waals surface area contributed by atoms with Crippen molar-refractivity contribution in [1.82, 2.24) is 0 Å². The molecule has 2 aromatic rings. The summed E-state index contributed by atoms with van der Waals surface area (Å²) >= 11 is 0. The summed E-state index contributed by atoms with van der Waals surface area (Å²) in [6.07, 6.45) is 18.1. The van der Waals surface area contributed by atoms with Gasteiger partial charge in [-0.05, 0) is 67.5 Å². The van der Waals surface area contributed by atoms with Crippen molar-refractivity contribution in [1.29, 1.82) is 0 Å². The minimum Gasteiger partial charge on any atom is -0.494 e. The van der Waals surface area contributed by atoms with Gasteiger partial charge in [-0.1, -0.05) is 69.7 Å². The number of benzene rings is 2. The van der Waals surface area contributed by atoms with Crippen molar-refractivity contribution in [2.75, 3.05) is 19.8 Å². The quantitative estimate of drug-likeness (QED) is 0.100. The van der Waals surface area contributed by atoms with Gasteiger partial charge in [-0.15, -0.1) is 12.3 Å². The van der Waals surface area contributed by atoms with Gasteiger partial charge < -0.3 is 14.2 Å². The molecule has 0 radical (unpaired) electrons. The van der Waals surface area contributed by atoms with Crippen LogP contribution in [0.2, 0.25) is 0 Å². The third-order valence-electron chi connectivity index (χ3n) is 6.33. The van der Waals surface area contributed by atoms with E-state index in [0.717, 1.165) is 55.6 Å². The van der Waals surface area contributed by atoms with E-state index in [9.17, 15) is 9.59 Å². The number of hydrogen-bond donors (Lipinski definition) is 0. The lowest BCUT2D eigenvalue weighted by Gasteiger charge is -2.09. The van der Waals surface area contributed by atoms with Gasteiger partial charge in [-0.3, -0.25) is 4.79 Å². The molecule has 206 valence electrons. The summed E-state index contributed by atoms with van der Waals surface area (Å²) in [4.78, 5) is 23.7. The SMILES string of the molecule is C#CCCC(=O)OCCCCCCOC(=O)c1ccc(-c2ccc(OCCCCCCCCC)cc2)cc1. The Morgan fingerprint density at radius 2 is 1.21 bits per heavy atom. The lowest BCUT2D eigenvalue weighted by molar-refractivity contribution is -0.143. The van der Waals surface area contributed by atoms with Gasteiger partial charge >= 0.3 is 11.9 Å². The first kappa shape index (κ1) is 31.0. The van der Waals surface area contributed by atoms with Crippen molar-refractivity contribution in [3.63, 3.8) is 0 Å². The highest BCUT2D eigenvalue weighted by Crippen LogP contribution is 2.23. The fourth-order valence-corrected chi connectivity index (χ4v) is 4.03. The average molecular weight is 521 g/mol. The average Bonchev–Trinajstić information content (AvgIpc) is 2.95. The van der Waals surface area contributed by atoms with Crippen molar-refractivity contribution < 1.29 is 23.8 Å². The second-order valence-corrected chi connectivity index (χ2v) is 9.55. The number of rotatable bonds is 20. The van der Waals surface area contributed by atoms with Gasteiger partial charge in [0.2, 0.25) is 0 Å². The summed E-state index contributed by atoms with van der Waals surface area (Å²) in [5.41, 5.74) is 2.66. The zero-order valence-electron chi connectivity index (χ0n) is 23.1. The molecular weight excluding hydrogens is 476 g/mol. The Hall–Kier alpha value is -3.26. The molecule has 0 spiro atoms. The Morgan fingerprint density at radius 1 is 0.684 bits per heavy atom. The highest BCUT2D eigenvalue weighted by Gasteiger charge is 2.08. The van der Waals surface area contributed by atoms with Crippen LogP contribution in [-0.4, -0.2) is 31.8 Å². The maximum absolute atomic E-state index is 12.3. The van der Waals surface area contributed by atoms with Crippen molar-refractivity contribution in [2.24, 2.45) is 0 Å². The molecular formula is C33H44O5. The molecule has 0 unspecified atom stereocenters. The van der Waals surface area contributed by atoms with Crippen LogP contribution in [0.25, 0.3) is 11.1 Å². The Morgan fingerprint density at radius 3 is 1.82 bits per heavy atom. The zero-order valence-corrected chi connectivity index (χ0v) is 23.1. The lowest BCUT2D eigenvalue weighted by Crippen LogP contribution is -2.07. The number of terminal acetylenes is 1. The fraction of sp³-hybridized carbons (Fsp3) is 0.515. The summed E-state index contributed by atoms with van der Waals surface area (Å²) < 4.78 is 16.4. The summed E-state index contributed by atoms with van der Waals surface area (Å²) in [5, 5.41) is 0. The molecule has 0 bridgehead atoms. The molecule has 5 nitrogen and oxygen atoms in total. The van der Waals surface area contributed by atoms with Crippen LogP contribution in [0.1, 0.15) is 101 Å². The van der Waals surface area contributed by atoms with Crippen LogP contribution in [0.5, 0.6) is 5.75 Å². The smallest absolute Gasteiger partial charge is 0.338 e. The fourth-order valence-electron chi connectivity index (χ4n) is 4.03. The van der Waals surface area contributed by atoms with E-state index in [1.807, 2.05) is 36.4 Å². The van der Waals surface area contributed by atoms with E-state index in [2.05, 4.69) is 12.8 Å². The number of unbranched alkanes of at least 4 members (excludes halogenated alkanes) is 9. The first-order valence-electron chi connectivity index (χ1n) is 14.2. The Bertz CT molecular complexity index is 956. The number of hydrogen-bond acceptors (Lipinski definition) is 5. The topological polar surface area (TPSA) is 61.8 Å². The minimum absolute atomic E-state index is 0.247. The van der Waals surface area contributed by atoms with E-state index in [4.69, 9.17) is 20.6 Å². The predicted octanol–water partition coefficient (Wildman–Crippen LogP) is 8.16. The highest BCUT2D eigenvalue weighted by molar-refractivity contribution is 5.90. The van der Waals surface area contributed by atoms with Crippen LogP contribution in [0.4, 0.5) is 0 Å². The Labute approximate surface area is 229 Å². The minimum atomic E-state index is -0.312. The molecule has 0 saturated carbocycles. The molecule has 0 N–H and O–H groups in total. The normalized spacial score (nSPS) is 10.5. The predicted molar refractivity (Wildman–Crippen MR) is 153 cm³/mol. The molecule has 0 fully saturated rings. The maximum Gasteiger partial charge on any atom is 0.338 e. The molecule has 0 amide bonds. The van der Waals surface area contributed by atoms with Crippen LogP contribution in [-0.2, 0) is 14.3 Å². The van der Waals surface area contributed by atoms with E-state index in [1.54, 1.807) is 12.1 Å². The molecule has 38 heavy (non-hydrogen) atoms. The zero-order chi connectivity index (χ0) is 27.3. The largest absolute Gasteiger partial charge is 0.494 e. The number of ether oxygens (including phenoxy) is 3. The number of esters is 2. The van der Waals surface area contributed by atoms with Crippen molar-refractivity contribution >= 4 is 11.9 Å².